The van der Waals surface area contributed by atoms with Crippen LogP contribution in [0.3, 0.4) is 0 Å². The van der Waals surface area contributed by atoms with E-state index in [4.69, 9.17) is 0 Å². The van der Waals surface area contributed by atoms with Crippen LogP contribution in [0.2, 0.25) is 0 Å². The van der Waals surface area contributed by atoms with Crippen molar-refractivity contribution in [2.45, 2.75) is 32.2 Å². The van der Waals surface area contributed by atoms with Gasteiger partial charge in [0.15, 0.2) is 0 Å². The molecule has 1 aromatic rings. The molecule has 1 saturated carbocycles. The van der Waals surface area contributed by atoms with Gasteiger partial charge in [-0.3, -0.25) is 0 Å². The molecule has 2 aliphatic rings. The first-order valence-corrected chi connectivity index (χ1v) is 6.74. The van der Waals surface area contributed by atoms with Gasteiger partial charge in [0.2, 0.25) is 0 Å². The first-order chi connectivity index (χ1) is 8.17. The van der Waals surface area contributed by atoms with Crippen molar-refractivity contribution in [2.75, 3.05) is 24.5 Å². The predicted molar refractivity (Wildman–Crippen MR) is 72.5 cm³/mol. The van der Waals surface area contributed by atoms with Crippen molar-refractivity contribution in [1.82, 2.24) is 5.32 Å². The third kappa shape index (κ3) is 2.19. The largest absolute Gasteiger partial charge is 0.368 e. The predicted octanol–water partition coefficient (Wildman–Crippen LogP) is 2.57. The van der Waals surface area contributed by atoms with E-state index < -0.39 is 0 Å². The maximum atomic E-state index is 3.73. The molecule has 0 spiro atoms. The van der Waals surface area contributed by atoms with Gasteiger partial charge >= 0.3 is 0 Å². The zero-order valence-corrected chi connectivity index (χ0v) is 10.9. The van der Waals surface area contributed by atoms with Gasteiger partial charge in [-0.25, -0.2) is 0 Å². The summed E-state index contributed by atoms with van der Waals surface area (Å²) in [5.41, 5.74) is 3.06. The average Bonchev–Trinajstić information content (AvgIpc) is 3.14. The van der Waals surface area contributed by atoms with E-state index in [1.54, 1.807) is 0 Å². The number of hydrogen-bond donors (Lipinski definition) is 1. The quantitative estimate of drug-likeness (QED) is 0.840. The van der Waals surface area contributed by atoms with Gasteiger partial charge < -0.3 is 10.2 Å². The minimum atomic E-state index is 0.336. The lowest BCUT2D eigenvalue weighted by Gasteiger charge is -2.43. The van der Waals surface area contributed by atoms with Gasteiger partial charge in [-0.15, -0.1) is 0 Å². The summed E-state index contributed by atoms with van der Waals surface area (Å²) >= 11 is 0. The fraction of sp³-hybridized carbons (Fsp3) is 0.600. The molecule has 92 valence electrons. The lowest BCUT2D eigenvalue weighted by atomic mass is 9.92. The van der Waals surface area contributed by atoms with Gasteiger partial charge in [0.05, 0.1) is 0 Å². The summed E-state index contributed by atoms with van der Waals surface area (Å²) in [7, 11) is 0. The monoisotopic (exact) mass is 230 g/mol. The second kappa shape index (κ2) is 4.02. The number of nitrogens with one attached hydrogen (secondary N) is 1. The Hall–Kier alpha value is -1.02. The molecule has 2 heteroatoms. The van der Waals surface area contributed by atoms with Crippen molar-refractivity contribution in [2.24, 2.45) is 5.92 Å². The summed E-state index contributed by atoms with van der Waals surface area (Å²) in [6.45, 7) is 7.94. The molecule has 3 rings (SSSR count). The van der Waals surface area contributed by atoms with Crippen molar-refractivity contribution in [3.8, 4) is 0 Å². The average molecular weight is 230 g/mol. The fourth-order valence-electron chi connectivity index (χ4n) is 2.98. The molecule has 2 nitrogen and oxygen atoms in total. The van der Waals surface area contributed by atoms with E-state index in [1.807, 2.05) is 0 Å². The lowest BCUT2D eigenvalue weighted by molar-refractivity contribution is 0.285. The third-order valence-electron chi connectivity index (χ3n) is 4.31. The molecule has 1 aromatic carbocycles. The molecular formula is C15H22N2. The topological polar surface area (TPSA) is 15.3 Å². The summed E-state index contributed by atoms with van der Waals surface area (Å²) < 4.78 is 0. The van der Waals surface area contributed by atoms with Crippen molar-refractivity contribution in [3.63, 3.8) is 0 Å². The van der Waals surface area contributed by atoms with Crippen molar-refractivity contribution in [1.29, 1.82) is 0 Å². The van der Waals surface area contributed by atoms with Crippen LogP contribution < -0.4 is 10.2 Å². The summed E-state index contributed by atoms with van der Waals surface area (Å²) in [5.74, 6) is 0.899. The highest BCUT2D eigenvalue weighted by atomic mass is 15.2. The second-order valence-electron chi connectivity index (χ2n) is 5.88. The van der Waals surface area contributed by atoms with Crippen molar-refractivity contribution < 1.29 is 0 Å². The Morgan fingerprint density at radius 3 is 2.59 bits per heavy atom. The summed E-state index contributed by atoms with van der Waals surface area (Å²) in [6, 6.07) is 8.94. The van der Waals surface area contributed by atoms with Crippen LogP contribution in [0.25, 0.3) is 0 Å². The molecule has 1 heterocycles. The van der Waals surface area contributed by atoms with E-state index in [0.717, 1.165) is 25.6 Å². The fourth-order valence-corrected chi connectivity index (χ4v) is 2.98. The number of nitrogens with zero attached hydrogens (tertiary/aromatic N) is 1. The van der Waals surface area contributed by atoms with Gasteiger partial charge in [-0.2, -0.15) is 0 Å². The molecule has 0 radical (unpaired) electrons. The van der Waals surface area contributed by atoms with Crippen LogP contribution in [0.4, 0.5) is 5.69 Å². The second-order valence-corrected chi connectivity index (χ2v) is 5.88. The highest BCUT2D eigenvalue weighted by Gasteiger charge is 2.43. The Balaban J connectivity index is 1.77. The number of rotatable bonds is 2. The Morgan fingerprint density at radius 2 is 1.94 bits per heavy atom. The van der Waals surface area contributed by atoms with E-state index >= 15 is 0 Å². The number of anilines is 1. The molecule has 2 fully saturated rings. The molecular weight excluding hydrogens is 208 g/mol. The SMILES string of the molecule is Cc1ccc(N2CCNC(C)(C3CC3)C2)cc1. The first-order valence-electron chi connectivity index (χ1n) is 6.74. The van der Waals surface area contributed by atoms with Gasteiger partial charge in [-0.05, 0) is 44.7 Å². The molecule has 1 aliphatic carbocycles. The van der Waals surface area contributed by atoms with Gasteiger partial charge in [-0.1, -0.05) is 17.7 Å². The number of hydrogen-bond acceptors (Lipinski definition) is 2. The van der Waals surface area contributed by atoms with Crippen LogP contribution in [0.5, 0.6) is 0 Å². The molecule has 1 atom stereocenters. The maximum Gasteiger partial charge on any atom is 0.0367 e. The van der Waals surface area contributed by atoms with Crippen LogP contribution in [-0.2, 0) is 0 Å². The minimum absolute atomic E-state index is 0.336. The Bertz CT molecular complexity index is 394. The molecule has 1 aliphatic heterocycles. The van der Waals surface area contributed by atoms with Gasteiger partial charge in [0, 0.05) is 30.9 Å². The molecule has 0 bridgehead atoms. The highest BCUT2D eigenvalue weighted by Crippen LogP contribution is 2.41. The maximum absolute atomic E-state index is 3.73. The first kappa shape index (κ1) is 11.1. The number of aryl methyl sites for hydroxylation is 1. The normalized spacial score (nSPS) is 29.4. The number of benzene rings is 1. The Kier molecular flexibility index (Phi) is 2.62. The van der Waals surface area contributed by atoms with Crippen molar-refractivity contribution >= 4 is 5.69 Å². The molecule has 1 N–H and O–H groups in total. The van der Waals surface area contributed by atoms with E-state index in [-0.39, 0.29) is 0 Å². The zero-order valence-electron chi connectivity index (χ0n) is 10.9. The van der Waals surface area contributed by atoms with E-state index in [9.17, 15) is 0 Å². The van der Waals surface area contributed by atoms with Crippen LogP contribution >= 0.6 is 0 Å². The highest BCUT2D eigenvalue weighted by molar-refractivity contribution is 5.48. The Morgan fingerprint density at radius 1 is 1.24 bits per heavy atom. The summed E-state index contributed by atoms with van der Waals surface area (Å²) in [5, 5.41) is 3.73. The molecule has 1 unspecified atom stereocenters. The molecule has 0 amide bonds. The van der Waals surface area contributed by atoms with Crippen LogP contribution in [0.1, 0.15) is 25.3 Å². The summed E-state index contributed by atoms with van der Waals surface area (Å²) in [6.07, 6.45) is 2.82. The Labute approximate surface area is 104 Å². The van der Waals surface area contributed by atoms with Crippen LogP contribution in [-0.4, -0.2) is 25.2 Å². The smallest absolute Gasteiger partial charge is 0.0367 e. The molecule has 0 aromatic heterocycles. The van der Waals surface area contributed by atoms with Crippen LogP contribution in [0.15, 0.2) is 24.3 Å². The van der Waals surface area contributed by atoms with Gasteiger partial charge in [0.25, 0.3) is 0 Å². The van der Waals surface area contributed by atoms with E-state index in [2.05, 4.69) is 48.3 Å². The van der Waals surface area contributed by atoms with Crippen molar-refractivity contribution in [3.05, 3.63) is 29.8 Å². The van der Waals surface area contributed by atoms with Crippen LogP contribution in [0, 0.1) is 12.8 Å². The summed E-state index contributed by atoms with van der Waals surface area (Å²) in [4.78, 5) is 2.54. The third-order valence-corrected chi connectivity index (χ3v) is 4.31. The minimum Gasteiger partial charge on any atom is -0.368 e. The molecule has 17 heavy (non-hydrogen) atoms. The standard InChI is InChI=1S/C15H22N2/c1-12-3-7-14(8-4-12)17-10-9-16-15(2,11-17)13-5-6-13/h3-4,7-8,13,16H,5-6,9-11H2,1-2H3. The van der Waals surface area contributed by atoms with E-state index in [1.165, 1.54) is 24.1 Å². The van der Waals surface area contributed by atoms with Gasteiger partial charge in [0.1, 0.15) is 0 Å². The lowest BCUT2D eigenvalue weighted by Crippen LogP contribution is -2.60. The zero-order chi connectivity index (χ0) is 11.9. The number of piperazine rings is 1. The molecule has 1 saturated heterocycles. The van der Waals surface area contributed by atoms with E-state index in [0.29, 0.717) is 5.54 Å².